The number of carbonyl (C=O) groups is 1. The minimum Gasteiger partial charge on any atom is -0.428 e. The number of likely N-dealkylation sites (N-methyl/N-ethyl adjacent to an activating group) is 1. The summed E-state index contributed by atoms with van der Waals surface area (Å²) in [6.07, 6.45) is 1.64. The first-order chi connectivity index (χ1) is 10.9. The number of benzene rings is 1. The molecule has 1 aromatic carbocycles. The highest BCUT2D eigenvalue weighted by atomic mass is 16.7. The Hall–Kier alpha value is -1.39. The molecule has 2 aliphatic rings. The molecule has 1 fully saturated rings. The van der Waals surface area contributed by atoms with Crippen molar-refractivity contribution in [3.05, 3.63) is 35.4 Å². The van der Waals surface area contributed by atoms with Crippen LogP contribution in [-0.2, 0) is 9.47 Å². The lowest BCUT2D eigenvalue weighted by molar-refractivity contribution is -0.150. The van der Waals surface area contributed by atoms with E-state index in [0.29, 0.717) is 11.6 Å². The van der Waals surface area contributed by atoms with Crippen LogP contribution in [-0.4, -0.2) is 36.1 Å². The van der Waals surface area contributed by atoms with E-state index in [0.717, 1.165) is 31.5 Å². The smallest absolute Gasteiger partial charge is 0.341 e. The highest BCUT2D eigenvalue weighted by Crippen LogP contribution is 2.44. The van der Waals surface area contributed by atoms with Crippen LogP contribution in [0.15, 0.2) is 24.3 Å². The van der Waals surface area contributed by atoms with Gasteiger partial charge in [-0.05, 0) is 37.4 Å². The van der Waals surface area contributed by atoms with E-state index in [1.807, 2.05) is 24.3 Å². The summed E-state index contributed by atoms with van der Waals surface area (Å²) in [4.78, 5) is 14.5. The first kappa shape index (κ1) is 16.5. The SMILES string of the molecule is CCN(CC)[C@H]1CC(C)(C)C[C@@H]1OC1OC(=O)c2ccccc21. The summed E-state index contributed by atoms with van der Waals surface area (Å²) in [6.45, 7) is 11.0. The number of esters is 1. The molecule has 1 saturated carbocycles. The van der Waals surface area contributed by atoms with E-state index >= 15 is 0 Å². The Morgan fingerprint density at radius 3 is 2.61 bits per heavy atom. The van der Waals surface area contributed by atoms with Gasteiger partial charge in [0.05, 0.1) is 11.7 Å². The molecule has 0 amide bonds. The third-order valence-electron chi connectivity index (χ3n) is 5.17. The average Bonchev–Trinajstić information content (AvgIpc) is 2.99. The molecular formula is C19H27NO3. The number of hydrogen-bond acceptors (Lipinski definition) is 4. The molecule has 126 valence electrons. The molecule has 0 aromatic heterocycles. The molecule has 1 unspecified atom stereocenters. The number of hydrogen-bond donors (Lipinski definition) is 0. The highest BCUT2D eigenvalue weighted by molar-refractivity contribution is 5.93. The number of fused-ring (bicyclic) bond motifs is 1. The Morgan fingerprint density at radius 2 is 1.91 bits per heavy atom. The van der Waals surface area contributed by atoms with E-state index in [1.54, 1.807) is 0 Å². The molecule has 4 nitrogen and oxygen atoms in total. The van der Waals surface area contributed by atoms with Gasteiger partial charge in [0.1, 0.15) is 0 Å². The van der Waals surface area contributed by atoms with Crippen molar-refractivity contribution in [3.8, 4) is 0 Å². The monoisotopic (exact) mass is 317 g/mol. The maximum absolute atomic E-state index is 12.0. The summed E-state index contributed by atoms with van der Waals surface area (Å²) >= 11 is 0. The van der Waals surface area contributed by atoms with Gasteiger partial charge >= 0.3 is 5.97 Å². The van der Waals surface area contributed by atoms with Crippen molar-refractivity contribution in [1.82, 2.24) is 4.90 Å². The van der Waals surface area contributed by atoms with Gasteiger partial charge < -0.3 is 9.47 Å². The van der Waals surface area contributed by atoms with Crippen molar-refractivity contribution in [2.45, 2.75) is 59.0 Å². The number of rotatable bonds is 5. The minimum atomic E-state index is -0.560. The largest absolute Gasteiger partial charge is 0.428 e. The first-order valence-corrected chi connectivity index (χ1v) is 8.64. The van der Waals surface area contributed by atoms with Crippen molar-refractivity contribution >= 4 is 5.97 Å². The zero-order valence-electron chi connectivity index (χ0n) is 14.5. The molecule has 0 saturated heterocycles. The van der Waals surface area contributed by atoms with E-state index in [1.165, 1.54) is 0 Å². The fraction of sp³-hybridized carbons (Fsp3) is 0.632. The van der Waals surface area contributed by atoms with Crippen LogP contribution >= 0.6 is 0 Å². The van der Waals surface area contributed by atoms with Crippen molar-refractivity contribution in [3.63, 3.8) is 0 Å². The van der Waals surface area contributed by atoms with E-state index in [4.69, 9.17) is 9.47 Å². The molecular weight excluding hydrogens is 290 g/mol. The van der Waals surface area contributed by atoms with Crippen LogP contribution in [0.3, 0.4) is 0 Å². The van der Waals surface area contributed by atoms with Crippen molar-refractivity contribution in [1.29, 1.82) is 0 Å². The van der Waals surface area contributed by atoms with Crippen LogP contribution in [0.4, 0.5) is 0 Å². The summed E-state index contributed by atoms with van der Waals surface area (Å²) in [5, 5.41) is 0. The topological polar surface area (TPSA) is 38.8 Å². The first-order valence-electron chi connectivity index (χ1n) is 8.64. The molecule has 1 aliphatic carbocycles. The molecule has 3 rings (SSSR count). The third kappa shape index (κ3) is 3.15. The lowest BCUT2D eigenvalue weighted by Crippen LogP contribution is -2.41. The molecule has 1 aliphatic heterocycles. The maximum atomic E-state index is 12.0. The normalized spacial score (nSPS) is 28.9. The average molecular weight is 317 g/mol. The molecule has 0 radical (unpaired) electrons. The van der Waals surface area contributed by atoms with Gasteiger partial charge in [-0.25, -0.2) is 4.79 Å². The number of nitrogens with zero attached hydrogens (tertiary/aromatic N) is 1. The van der Waals surface area contributed by atoms with Crippen LogP contribution in [0.25, 0.3) is 0 Å². The molecule has 0 N–H and O–H groups in total. The quantitative estimate of drug-likeness (QED) is 0.775. The Balaban J connectivity index is 1.80. The van der Waals surface area contributed by atoms with Crippen LogP contribution in [0, 0.1) is 5.41 Å². The molecule has 3 atom stereocenters. The summed E-state index contributed by atoms with van der Waals surface area (Å²) in [5.74, 6) is -0.276. The molecule has 23 heavy (non-hydrogen) atoms. The number of ether oxygens (including phenoxy) is 2. The summed E-state index contributed by atoms with van der Waals surface area (Å²) in [7, 11) is 0. The van der Waals surface area contributed by atoms with Gasteiger partial charge in [-0.2, -0.15) is 0 Å². The zero-order chi connectivity index (χ0) is 16.6. The lowest BCUT2D eigenvalue weighted by Gasteiger charge is -2.32. The number of cyclic esters (lactones) is 1. The molecule has 0 bridgehead atoms. The predicted molar refractivity (Wildman–Crippen MR) is 89.2 cm³/mol. The third-order valence-corrected chi connectivity index (χ3v) is 5.17. The molecule has 4 heteroatoms. The highest BCUT2D eigenvalue weighted by Gasteiger charge is 2.45. The Labute approximate surface area is 138 Å². The van der Waals surface area contributed by atoms with Gasteiger partial charge in [0.25, 0.3) is 0 Å². The van der Waals surface area contributed by atoms with Crippen molar-refractivity contribution in [2.75, 3.05) is 13.1 Å². The van der Waals surface area contributed by atoms with Gasteiger partial charge in [0.2, 0.25) is 6.29 Å². The second-order valence-corrected chi connectivity index (χ2v) is 7.36. The second kappa shape index (κ2) is 6.25. The molecule has 0 spiro atoms. The van der Waals surface area contributed by atoms with Gasteiger partial charge in [-0.1, -0.05) is 45.9 Å². The Kier molecular flexibility index (Phi) is 4.47. The van der Waals surface area contributed by atoms with Crippen LogP contribution in [0.1, 0.15) is 62.7 Å². The summed E-state index contributed by atoms with van der Waals surface area (Å²) in [6, 6.07) is 7.91. The van der Waals surface area contributed by atoms with Crippen molar-refractivity contribution in [2.24, 2.45) is 5.41 Å². The fourth-order valence-corrected chi connectivity index (χ4v) is 4.03. The number of carbonyl (C=O) groups excluding carboxylic acids is 1. The van der Waals surface area contributed by atoms with Crippen LogP contribution in [0.2, 0.25) is 0 Å². The van der Waals surface area contributed by atoms with E-state index < -0.39 is 6.29 Å². The van der Waals surface area contributed by atoms with Gasteiger partial charge in [0.15, 0.2) is 0 Å². The summed E-state index contributed by atoms with van der Waals surface area (Å²) in [5.41, 5.74) is 1.75. The Bertz CT molecular complexity index is 580. The van der Waals surface area contributed by atoms with Crippen LogP contribution in [0.5, 0.6) is 0 Å². The molecule has 1 aromatic rings. The van der Waals surface area contributed by atoms with Crippen molar-refractivity contribution < 1.29 is 14.3 Å². The van der Waals surface area contributed by atoms with Gasteiger partial charge in [-0.3, -0.25) is 4.90 Å². The standard InChI is InChI=1S/C19H27NO3/c1-5-20(6-2)15-11-19(3,4)12-16(15)22-18-14-10-8-7-9-13(14)17(21)23-18/h7-10,15-16,18H,5-6,11-12H2,1-4H3/t15-,16-,18?/m0/s1. The maximum Gasteiger partial charge on any atom is 0.341 e. The van der Waals surface area contributed by atoms with E-state index in [2.05, 4.69) is 32.6 Å². The van der Waals surface area contributed by atoms with E-state index in [-0.39, 0.29) is 17.5 Å². The van der Waals surface area contributed by atoms with Crippen LogP contribution < -0.4 is 0 Å². The Morgan fingerprint density at radius 1 is 1.22 bits per heavy atom. The second-order valence-electron chi connectivity index (χ2n) is 7.36. The minimum absolute atomic E-state index is 0.0915. The van der Waals surface area contributed by atoms with E-state index in [9.17, 15) is 4.79 Å². The summed E-state index contributed by atoms with van der Waals surface area (Å²) < 4.78 is 11.8. The lowest BCUT2D eigenvalue weighted by atomic mass is 9.91. The molecule has 1 heterocycles. The fourth-order valence-electron chi connectivity index (χ4n) is 4.03. The predicted octanol–water partition coefficient (Wildman–Crippen LogP) is 3.77. The van der Waals surface area contributed by atoms with Gasteiger partial charge in [-0.15, -0.1) is 0 Å². The zero-order valence-corrected chi connectivity index (χ0v) is 14.5. The van der Waals surface area contributed by atoms with Gasteiger partial charge in [0, 0.05) is 11.6 Å².